The lowest BCUT2D eigenvalue weighted by Gasteiger charge is -2.20. The van der Waals surface area contributed by atoms with Gasteiger partial charge in [0.2, 0.25) is 5.95 Å². The van der Waals surface area contributed by atoms with E-state index >= 15 is 0 Å². The summed E-state index contributed by atoms with van der Waals surface area (Å²) >= 11 is 0. The monoisotopic (exact) mass is 314 g/mol. The first kappa shape index (κ1) is 15.7. The molecule has 0 atom stereocenters. The minimum Gasteiger partial charge on any atom is -0.351 e. The van der Waals surface area contributed by atoms with Gasteiger partial charge in [0.05, 0.1) is 5.69 Å². The molecule has 0 saturated carbocycles. The number of halogens is 4. The van der Waals surface area contributed by atoms with Crippen molar-refractivity contribution in [1.82, 2.24) is 9.97 Å². The van der Waals surface area contributed by atoms with E-state index in [4.69, 9.17) is 5.73 Å². The first-order valence-corrected chi connectivity index (χ1v) is 5.97. The smallest absolute Gasteiger partial charge is 0.351 e. The molecule has 116 valence electrons. The molecule has 0 aliphatic rings. The Kier molecular flexibility index (Phi) is 3.98. The van der Waals surface area contributed by atoms with Crippen molar-refractivity contribution in [2.24, 2.45) is 5.73 Å². The molecule has 1 heterocycles. The third kappa shape index (κ3) is 3.13. The maximum absolute atomic E-state index is 13.8. The van der Waals surface area contributed by atoms with Gasteiger partial charge in [-0.05, 0) is 25.1 Å². The van der Waals surface area contributed by atoms with Crippen LogP contribution in [0.4, 0.5) is 34.0 Å². The molecule has 9 heteroatoms. The van der Waals surface area contributed by atoms with Crippen LogP contribution in [0.1, 0.15) is 11.4 Å². The summed E-state index contributed by atoms with van der Waals surface area (Å²) in [6.07, 6.45) is -4.74. The highest BCUT2D eigenvalue weighted by Gasteiger charge is 2.34. The average molecular weight is 314 g/mol. The SMILES string of the molecule is Cc1cc(C(F)(F)F)nc(N(C(N)=O)c2ccccc2F)n1. The van der Waals surface area contributed by atoms with Crippen LogP contribution < -0.4 is 10.6 Å². The molecule has 2 aromatic rings. The van der Waals surface area contributed by atoms with Crippen LogP contribution in [0.5, 0.6) is 0 Å². The summed E-state index contributed by atoms with van der Waals surface area (Å²) < 4.78 is 52.2. The Labute approximate surface area is 122 Å². The van der Waals surface area contributed by atoms with Crippen LogP contribution in [-0.2, 0) is 6.18 Å². The largest absolute Gasteiger partial charge is 0.433 e. The minimum absolute atomic E-state index is 0.0417. The van der Waals surface area contributed by atoms with Gasteiger partial charge in [0, 0.05) is 5.69 Å². The van der Waals surface area contributed by atoms with Crippen molar-refractivity contribution >= 4 is 17.7 Å². The predicted molar refractivity (Wildman–Crippen MR) is 69.9 cm³/mol. The number of amides is 2. The highest BCUT2D eigenvalue weighted by Crippen LogP contribution is 2.31. The van der Waals surface area contributed by atoms with Gasteiger partial charge in [0.1, 0.15) is 11.5 Å². The molecule has 0 spiro atoms. The second-order valence-electron chi connectivity index (χ2n) is 4.32. The minimum atomic E-state index is -4.74. The number of primary amides is 1. The van der Waals surface area contributed by atoms with Gasteiger partial charge in [-0.25, -0.2) is 24.1 Å². The molecule has 5 nitrogen and oxygen atoms in total. The summed E-state index contributed by atoms with van der Waals surface area (Å²) in [7, 11) is 0. The van der Waals surface area contributed by atoms with E-state index in [1.807, 2.05) is 0 Å². The number of carbonyl (C=O) groups excluding carboxylic acids is 1. The third-order valence-electron chi connectivity index (χ3n) is 2.65. The van der Waals surface area contributed by atoms with Crippen molar-refractivity contribution in [2.75, 3.05) is 4.90 Å². The van der Waals surface area contributed by atoms with Crippen molar-refractivity contribution in [3.05, 3.63) is 47.5 Å². The lowest BCUT2D eigenvalue weighted by Crippen LogP contribution is -2.34. The van der Waals surface area contributed by atoms with Gasteiger partial charge in [-0.1, -0.05) is 12.1 Å². The highest BCUT2D eigenvalue weighted by molar-refractivity contribution is 5.96. The Hall–Kier alpha value is -2.71. The Morgan fingerprint density at radius 2 is 1.86 bits per heavy atom. The maximum Gasteiger partial charge on any atom is 0.433 e. The van der Waals surface area contributed by atoms with Gasteiger partial charge < -0.3 is 5.73 Å². The van der Waals surface area contributed by atoms with E-state index in [2.05, 4.69) is 9.97 Å². The lowest BCUT2D eigenvalue weighted by molar-refractivity contribution is -0.141. The van der Waals surface area contributed by atoms with Crippen LogP contribution in [0.25, 0.3) is 0 Å². The topological polar surface area (TPSA) is 72.1 Å². The molecule has 0 saturated heterocycles. The number of anilines is 2. The number of alkyl halides is 3. The van der Waals surface area contributed by atoms with Crippen molar-refractivity contribution < 1.29 is 22.4 Å². The van der Waals surface area contributed by atoms with Gasteiger partial charge >= 0.3 is 12.2 Å². The first-order chi connectivity index (χ1) is 10.2. The molecule has 1 aromatic heterocycles. The van der Waals surface area contributed by atoms with Gasteiger partial charge in [0.15, 0.2) is 0 Å². The number of aromatic nitrogens is 2. The van der Waals surface area contributed by atoms with Crippen LogP contribution in [0, 0.1) is 12.7 Å². The standard InChI is InChI=1S/C13H10F4N4O/c1-7-6-10(13(15,16)17)20-12(19-7)21(11(18)22)9-5-3-2-4-8(9)14/h2-6H,1H3,(H2,18,22). The fraction of sp³-hybridized carbons (Fsp3) is 0.154. The molecule has 0 aliphatic carbocycles. The van der Waals surface area contributed by atoms with Crippen molar-refractivity contribution in [3.63, 3.8) is 0 Å². The maximum atomic E-state index is 13.8. The molecule has 22 heavy (non-hydrogen) atoms. The molecule has 0 aliphatic heterocycles. The molecule has 2 amide bonds. The Morgan fingerprint density at radius 3 is 2.41 bits per heavy atom. The van der Waals surface area contributed by atoms with Crippen LogP contribution in [-0.4, -0.2) is 16.0 Å². The number of nitrogens with zero attached hydrogens (tertiary/aromatic N) is 3. The summed E-state index contributed by atoms with van der Waals surface area (Å²) in [5.41, 5.74) is 3.50. The number of aryl methyl sites for hydroxylation is 1. The third-order valence-corrected chi connectivity index (χ3v) is 2.65. The molecule has 1 aromatic carbocycles. The molecule has 0 unspecified atom stereocenters. The van der Waals surface area contributed by atoms with Crippen LogP contribution in [0.3, 0.4) is 0 Å². The second kappa shape index (κ2) is 5.58. The van der Waals surface area contributed by atoms with E-state index in [0.29, 0.717) is 11.0 Å². The van der Waals surface area contributed by atoms with Crippen LogP contribution >= 0.6 is 0 Å². The fourth-order valence-electron chi connectivity index (χ4n) is 1.76. The van der Waals surface area contributed by atoms with Crippen LogP contribution in [0.2, 0.25) is 0 Å². The predicted octanol–water partition coefficient (Wildman–Crippen LogP) is 3.16. The van der Waals surface area contributed by atoms with Crippen molar-refractivity contribution in [3.8, 4) is 0 Å². The normalized spacial score (nSPS) is 11.3. The Morgan fingerprint density at radius 1 is 1.23 bits per heavy atom. The van der Waals surface area contributed by atoms with E-state index in [9.17, 15) is 22.4 Å². The fourth-order valence-corrected chi connectivity index (χ4v) is 1.76. The summed E-state index contributed by atoms with van der Waals surface area (Å²) in [5, 5.41) is 0. The van der Waals surface area contributed by atoms with Crippen molar-refractivity contribution in [1.29, 1.82) is 0 Å². The number of benzene rings is 1. The van der Waals surface area contributed by atoms with Gasteiger partial charge in [-0.3, -0.25) is 0 Å². The number of hydrogen-bond donors (Lipinski definition) is 1. The number of rotatable bonds is 2. The zero-order valence-corrected chi connectivity index (χ0v) is 11.2. The number of urea groups is 1. The Bertz CT molecular complexity index is 717. The second-order valence-corrected chi connectivity index (χ2v) is 4.32. The summed E-state index contributed by atoms with van der Waals surface area (Å²) in [6, 6.07) is 4.48. The van der Waals surface area contributed by atoms with Crippen LogP contribution in [0.15, 0.2) is 30.3 Å². The molecule has 0 fully saturated rings. The molecule has 0 bridgehead atoms. The van der Waals surface area contributed by atoms with Gasteiger partial charge in [-0.15, -0.1) is 0 Å². The molecule has 2 rings (SSSR count). The molecule has 2 N–H and O–H groups in total. The van der Waals surface area contributed by atoms with E-state index in [-0.39, 0.29) is 11.4 Å². The average Bonchev–Trinajstić information content (AvgIpc) is 2.39. The quantitative estimate of drug-likeness (QED) is 0.865. The van der Waals surface area contributed by atoms with Gasteiger partial charge in [-0.2, -0.15) is 13.2 Å². The van der Waals surface area contributed by atoms with Crippen molar-refractivity contribution in [2.45, 2.75) is 13.1 Å². The number of nitrogens with two attached hydrogens (primary N) is 1. The van der Waals surface area contributed by atoms with E-state index < -0.39 is 29.7 Å². The molecular weight excluding hydrogens is 304 g/mol. The zero-order chi connectivity index (χ0) is 16.5. The first-order valence-electron chi connectivity index (χ1n) is 5.97. The number of para-hydroxylation sites is 1. The Balaban J connectivity index is 2.62. The highest BCUT2D eigenvalue weighted by atomic mass is 19.4. The molecular formula is C13H10F4N4O. The number of carbonyl (C=O) groups is 1. The summed E-state index contributed by atoms with van der Waals surface area (Å²) in [5.74, 6) is -1.50. The summed E-state index contributed by atoms with van der Waals surface area (Å²) in [6.45, 7) is 1.29. The van der Waals surface area contributed by atoms with E-state index in [0.717, 1.165) is 6.07 Å². The lowest BCUT2D eigenvalue weighted by atomic mass is 10.3. The zero-order valence-electron chi connectivity index (χ0n) is 11.2. The van der Waals surface area contributed by atoms with E-state index in [1.165, 1.54) is 25.1 Å². The van der Waals surface area contributed by atoms with Gasteiger partial charge in [0.25, 0.3) is 0 Å². The van der Waals surface area contributed by atoms with E-state index in [1.54, 1.807) is 0 Å². The summed E-state index contributed by atoms with van der Waals surface area (Å²) in [4.78, 5) is 19.0. The molecule has 0 radical (unpaired) electrons. The number of hydrogen-bond acceptors (Lipinski definition) is 3.